The van der Waals surface area contributed by atoms with Gasteiger partial charge in [0, 0.05) is 24.2 Å². The van der Waals surface area contributed by atoms with Crippen LogP contribution in [0.1, 0.15) is 23.2 Å². The number of carbonyl (C=O) groups excluding carboxylic acids is 2. The summed E-state index contributed by atoms with van der Waals surface area (Å²) < 4.78 is 10.9. The van der Waals surface area contributed by atoms with Crippen LogP contribution < -0.4 is 9.47 Å². The zero-order valence-corrected chi connectivity index (χ0v) is 12.7. The molecule has 6 heteroatoms. The van der Waals surface area contributed by atoms with Crippen LogP contribution in [-0.2, 0) is 0 Å². The van der Waals surface area contributed by atoms with Crippen LogP contribution in [0.15, 0.2) is 48.5 Å². The summed E-state index contributed by atoms with van der Waals surface area (Å²) in [6.45, 7) is 0.844. The van der Waals surface area contributed by atoms with Gasteiger partial charge in [-0.3, -0.25) is 9.80 Å². The molecule has 120 valence electrons. The highest BCUT2D eigenvalue weighted by atomic mass is 16.6. The van der Waals surface area contributed by atoms with Gasteiger partial charge in [-0.2, -0.15) is 0 Å². The van der Waals surface area contributed by atoms with Crippen LogP contribution in [-0.4, -0.2) is 35.1 Å². The minimum Gasteiger partial charge on any atom is -0.410 e. The molecule has 2 aromatic carbocycles. The normalized spacial score (nSPS) is 24.2. The van der Waals surface area contributed by atoms with Gasteiger partial charge in [0.05, 0.1) is 12.1 Å². The largest absolute Gasteiger partial charge is 0.415 e. The van der Waals surface area contributed by atoms with Gasteiger partial charge in [-0.25, -0.2) is 9.59 Å². The van der Waals surface area contributed by atoms with E-state index in [9.17, 15) is 9.59 Å². The first-order valence-electron chi connectivity index (χ1n) is 7.89. The fraction of sp³-hybridized carbons (Fsp3) is 0.222. The van der Waals surface area contributed by atoms with E-state index in [-0.39, 0.29) is 24.3 Å². The topological polar surface area (TPSA) is 59.1 Å². The number of carbonyl (C=O) groups is 2. The molecule has 0 radical (unpaired) electrons. The summed E-state index contributed by atoms with van der Waals surface area (Å²) in [5.74, 6) is 1.11. The standard InChI is InChI=1S/C18H14N2O4/c21-17-19-9-10-20-16(12-6-2-4-8-14(12)24-18(20)22)15(19)11-5-1-3-7-13(11)23-17/h1-8,15-16H,9-10H2/t15-,16-/m1/s1. The van der Waals surface area contributed by atoms with E-state index >= 15 is 0 Å². The van der Waals surface area contributed by atoms with Crippen molar-refractivity contribution in [3.8, 4) is 11.5 Å². The lowest BCUT2D eigenvalue weighted by atomic mass is 9.87. The van der Waals surface area contributed by atoms with E-state index < -0.39 is 0 Å². The number of ether oxygens (including phenoxy) is 2. The van der Waals surface area contributed by atoms with Crippen LogP contribution in [0, 0.1) is 0 Å². The van der Waals surface area contributed by atoms with E-state index in [4.69, 9.17) is 9.47 Å². The lowest BCUT2D eigenvalue weighted by molar-refractivity contribution is 0.0118. The summed E-state index contributed by atoms with van der Waals surface area (Å²) >= 11 is 0. The Kier molecular flexibility index (Phi) is 2.65. The monoisotopic (exact) mass is 322 g/mol. The van der Waals surface area contributed by atoms with Gasteiger partial charge < -0.3 is 9.47 Å². The third kappa shape index (κ3) is 1.71. The summed E-state index contributed by atoms with van der Waals surface area (Å²) in [4.78, 5) is 28.3. The highest BCUT2D eigenvalue weighted by Gasteiger charge is 2.49. The molecule has 3 heterocycles. The number of hydrogen-bond acceptors (Lipinski definition) is 4. The zero-order valence-electron chi connectivity index (χ0n) is 12.7. The molecule has 2 aromatic rings. The molecule has 0 aromatic heterocycles. The highest BCUT2D eigenvalue weighted by molar-refractivity contribution is 5.79. The molecule has 1 saturated heterocycles. The zero-order chi connectivity index (χ0) is 16.3. The molecule has 2 amide bonds. The van der Waals surface area contributed by atoms with Gasteiger partial charge in [-0.1, -0.05) is 36.4 Å². The van der Waals surface area contributed by atoms with Crippen LogP contribution >= 0.6 is 0 Å². The number of piperazine rings is 1. The molecular formula is C18H14N2O4. The Hall–Kier alpha value is -3.02. The van der Waals surface area contributed by atoms with Crippen molar-refractivity contribution in [2.75, 3.05) is 13.1 Å². The third-order valence-electron chi connectivity index (χ3n) is 4.89. The number of benzene rings is 2. The van der Waals surface area contributed by atoms with Gasteiger partial charge in [-0.15, -0.1) is 0 Å². The molecule has 3 aliphatic heterocycles. The summed E-state index contributed by atoms with van der Waals surface area (Å²) in [6, 6.07) is 14.4. The second-order valence-electron chi connectivity index (χ2n) is 6.09. The van der Waals surface area contributed by atoms with Gasteiger partial charge in [0.2, 0.25) is 0 Å². The van der Waals surface area contributed by atoms with E-state index in [1.54, 1.807) is 21.9 Å². The first kappa shape index (κ1) is 13.4. The smallest absolute Gasteiger partial charge is 0.410 e. The van der Waals surface area contributed by atoms with Gasteiger partial charge in [0.15, 0.2) is 0 Å². The second kappa shape index (κ2) is 4.74. The Bertz CT molecular complexity index is 794. The molecule has 3 aliphatic rings. The first-order chi connectivity index (χ1) is 11.7. The number of fused-ring (bicyclic) bond motifs is 7. The Balaban J connectivity index is 1.73. The maximum atomic E-state index is 12.4. The van der Waals surface area contributed by atoms with Gasteiger partial charge >= 0.3 is 12.2 Å². The molecular weight excluding hydrogens is 308 g/mol. The van der Waals surface area contributed by atoms with E-state index in [0.717, 1.165) is 11.1 Å². The summed E-state index contributed by atoms with van der Waals surface area (Å²) in [5.41, 5.74) is 1.83. The molecule has 0 unspecified atom stereocenters. The minimum atomic E-state index is -0.366. The Labute approximate surface area is 138 Å². The number of para-hydroxylation sites is 2. The molecule has 6 nitrogen and oxygen atoms in total. The lowest BCUT2D eigenvalue weighted by Gasteiger charge is -2.50. The molecule has 24 heavy (non-hydrogen) atoms. The lowest BCUT2D eigenvalue weighted by Crippen LogP contribution is -2.58. The molecule has 0 saturated carbocycles. The number of hydrogen-bond donors (Lipinski definition) is 0. The van der Waals surface area contributed by atoms with Crippen molar-refractivity contribution in [3.63, 3.8) is 0 Å². The van der Waals surface area contributed by atoms with Crippen molar-refractivity contribution in [3.05, 3.63) is 59.7 Å². The summed E-state index contributed by atoms with van der Waals surface area (Å²) in [5, 5.41) is 0. The van der Waals surface area contributed by atoms with Crippen LogP contribution in [0.25, 0.3) is 0 Å². The molecule has 5 rings (SSSR count). The average Bonchev–Trinajstić information content (AvgIpc) is 2.61. The number of nitrogens with zero attached hydrogens (tertiary/aromatic N) is 2. The first-order valence-corrected chi connectivity index (χ1v) is 7.89. The molecule has 2 atom stereocenters. The van der Waals surface area contributed by atoms with Crippen molar-refractivity contribution in [1.82, 2.24) is 9.80 Å². The van der Waals surface area contributed by atoms with Gasteiger partial charge in [-0.05, 0) is 12.1 Å². The van der Waals surface area contributed by atoms with Gasteiger partial charge in [0.1, 0.15) is 11.5 Å². The van der Waals surface area contributed by atoms with Crippen molar-refractivity contribution >= 4 is 12.2 Å². The van der Waals surface area contributed by atoms with E-state index in [1.807, 2.05) is 36.4 Å². The number of amides is 2. The van der Waals surface area contributed by atoms with Crippen molar-refractivity contribution < 1.29 is 19.1 Å². The van der Waals surface area contributed by atoms with Crippen LogP contribution in [0.5, 0.6) is 11.5 Å². The number of rotatable bonds is 0. The minimum absolute atomic E-state index is 0.273. The van der Waals surface area contributed by atoms with Gasteiger partial charge in [0.25, 0.3) is 0 Å². The van der Waals surface area contributed by atoms with E-state index in [2.05, 4.69) is 0 Å². The molecule has 0 spiro atoms. The Morgan fingerprint density at radius 1 is 0.708 bits per heavy atom. The fourth-order valence-electron chi connectivity index (χ4n) is 3.86. The van der Waals surface area contributed by atoms with Crippen LogP contribution in [0.4, 0.5) is 9.59 Å². The fourth-order valence-corrected chi connectivity index (χ4v) is 3.86. The maximum Gasteiger partial charge on any atom is 0.415 e. The SMILES string of the molecule is O=C1Oc2ccccc2[C@@H]2[C@H]3c4ccccc4OC(=O)N3CCN12. The van der Waals surface area contributed by atoms with Crippen molar-refractivity contribution in [2.24, 2.45) is 0 Å². The molecule has 0 N–H and O–H groups in total. The third-order valence-corrected chi connectivity index (χ3v) is 4.89. The predicted molar refractivity (Wildman–Crippen MR) is 83.8 cm³/mol. The summed E-state index contributed by atoms with van der Waals surface area (Å²) in [6.07, 6.45) is -0.732. The van der Waals surface area contributed by atoms with E-state index in [1.165, 1.54) is 0 Å². The summed E-state index contributed by atoms with van der Waals surface area (Å²) in [7, 11) is 0. The maximum absolute atomic E-state index is 12.4. The van der Waals surface area contributed by atoms with Crippen molar-refractivity contribution in [1.29, 1.82) is 0 Å². The molecule has 0 aliphatic carbocycles. The predicted octanol–water partition coefficient (Wildman–Crippen LogP) is 3.11. The van der Waals surface area contributed by atoms with Crippen LogP contribution in [0.3, 0.4) is 0 Å². The quantitative estimate of drug-likeness (QED) is 0.748. The molecule has 0 bridgehead atoms. The van der Waals surface area contributed by atoms with Crippen molar-refractivity contribution in [2.45, 2.75) is 12.1 Å². The Morgan fingerprint density at radius 2 is 1.12 bits per heavy atom. The average molecular weight is 322 g/mol. The van der Waals surface area contributed by atoms with Crippen LogP contribution in [0.2, 0.25) is 0 Å². The Morgan fingerprint density at radius 3 is 1.58 bits per heavy atom. The van der Waals surface area contributed by atoms with E-state index in [0.29, 0.717) is 24.6 Å². The second-order valence-corrected chi connectivity index (χ2v) is 6.09. The highest BCUT2D eigenvalue weighted by Crippen LogP contribution is 2.50. The molecule has 1 fully saturated rings.